The Morgan fingerprint density at radius 1 is 1.07 bits per heavy atom. The summed E-state index contributed by atoms with van der Waals surface area (Å²) in [5.41, 5.74) is 0.822. The second-order valence-electron chi connectivity index (χ2n) is 6.41. The SMILES string of the molecule is O=C(CNC(=O)c1ccc(F)cc1F)Nc1cccc(N2CCCCC2=O)c1. The molecule has 1 saturated heterocycles. The van der Waals surface area contributed by atoms with Crippen molar-refractivity contribution in [1.29, 1.82) is 0 Å². The van der Waals surface area contributed by atoms with Gasteiger partial charge in [0, 0.05) is 30.4 Å². The molecule has 2 aromatic carbocycles. The molecule has 3 amide bonds. The first-order valence-corrected chi connectivity index (χ1v) is 8.87. The molecule has 0 saturated carbocycles. The van der Waals surface area contributed by atoms with Crippen LogP contribution < -0.4 is 15.5 Å². The van der Waals surface area contributed by atoms with Gasteiger partial charge in [0.15, 0.2) is 0 Å². The van der Waals surface area contributed by atoms with E-state index in [0.717, 1.165) is 25.0 Å². The Kier molecular flexibility index (Phi) is 5.98. The molecule has 3 rings (SSSR count). The van der Waals surface area contributed by atoms with Crippen molar-refractivity contribution in [3.8, 4) is 0 Å². The average Bonchev–Trinajstić information content (AvgIpc) is 2.67. The first-order chi connectivity index (χ1) is 13.4. The third kappa shape index (κ3) is 4.70. The number of benzene rings is 2. The minimum atomic E-state index is -1.00. The largest absolute Gasteiger partial charge is 0.343 e. The van der Waals surface area contributed by atoms with E-state index < -0.39 is 23.4 Å². The average molecular weight is 387 g/mol. The van der Waals surface area contributed by atoms with E-state index in [1.54, 1.807) is 29.2 Å². The predicted octanol–water partition coefficient (Wildman–Crippen LogP) is 2.85. The molecule has 1 heterocycles. The van der Waals surface area contributed by atoms with Crippen molar-refractivity contribution < 1.29 is 23.2 Å². The number of anilines is 2. The van der Waals surface area contributed by atoms with Gasteiger partial charge >= 0.3 is 0 Å². The van der Waals surface area contributed by atoms with E-state index in [1.165, 1.54) is 0 Å². The van der Waals surface area contributed by atoms with Gasteiger partial charge in [-0.25, -0.2) is 8.78 Å². The van der Waals surface area contributed by atoms with Gasteiger partial charge < -0.3 is 15.5 Å². The van der Waals surface area contributed by atoms with E-state index in [1.807, 2.05) is 0 Å². The summed E-state index contributed by atoms with van der Waals surface area (Å²) in [6, 6.07) is 9.43. The number of nitrogens with zero attached hydrogens (tertiary/aromatic N) is 1. The lowest BCUT2D eigenvalue weighted by Gasteiger charge is -2.27. The number of halogens is 2. The van der Waals surface area contributed by atoms with Gasteiger partial charge in [-0.15, -0.1) is 0 Å². The van der Waals surface area contributed by atoms with Crippen LogP contribution in [0.4, 0.5) is 20.2 Å². The van der Waals surface area contributed by atoms with Gasteiger partial charge in [0.05, 0.1) is 12.1 Å². The Balaban J connectivity index is 1.58. The number of hydrogen-bond acceptors (Lipinski definition) is 3. The summed E-state index contributed by atoms with van der Waals surface area (Å²) in [7, 11) is 0. The number of nitrogens with one attached hydrogen (secondary N) is 2. The fourth-order valence-corrected chi connectivity index (χ4v) is 2.97. The number of amides is 3. The molecule has 0 aliphatic carbocycles. The molecule has 2 aromatic rings. The smallest absolute Gasteiger partial charge is 0.254 e. The van der Waals surface area contributed by atoms with Crippen LogP contribution in [-0.4, -0.2) is 30.8 Å². The van der Waals surface area contributed by atoms with Crippen LogP contribution in [0.3, 0.4) is 0 Å². The molecule has 0 aromatic heterocycles. The molecule has 0 atom stereocenters. The fourth-order valence-electron chi connectivity index (χ4n) is 2.97. The van der Waals surface area contributed by atoms with Crippen molar-refractivity contribution in [2.45, 2.75) is 19.3 Å². The normalized spacial score (nSPS) is 13.9. The summed E-state index contributed by atoms with van der Waals surface area (Å²) < 4.78 is 26.5. The van der Waals surface area contributed by atoms with Crippen molar-refractivity contribution in [3.05, 3.63) is 59.7 Å². The zero-order chi connectivity index (χ0) is 20.1. The molecule has 2 N–H and O–H groups in total. The van der Waals surface area contributed by atoms with Crippen molar-refractivity contribution in [2.75, 3.05) is 23.3 Å². The van der Waals surface area contributed by atoms with Crippen LogP contribution >= 0.6 is 0 Å². The summed E-state index contributed by atoms with van der Waals surface area (Å²) in [5.74, 6) is -3.09. The monoisotopic (exact) mass is 387 g/mol. The zero-order valence-corrected chi connectivity index (χ0v) is 15.0. The van der Waals surface area contributed by atoms with E-state index in [0.29, 0.717) is 30.4 Å². The van der Waals surface area contributed by atoms with Gasteiger partial charge in [0.25, 0.3) is 5.91 Å². The zero-order valence-electron chi connectivity index (χ0n) is 15.0. The third-order valence-electron chi connectivity index (χ3n) is 4.35. The Labute approximate surface area is 160 Å². The Hall–Kier alpha value is -3.29. The van der Waals surface area contributed by atoms with Gasteiger partial charge in [-0.2, -0.15) is 0 Å². The second kappa shape index (κ2) is 8.60. The van der Waals surface area contributed by atoms with Crippen LogP contribution in [-0.2, 0) is 9.59 Å². The van der Waals surface area contributed by atoms with E-state index in [9.17, 15) is 23.2 Å². The minimum absolute atomic E-state index is 0.0447. The summed E-state index contributed by atoms with van der Waals surface area (Å²) in [4.78, 5) is 37.7. The standard InChI is InChI=1S/C20H19F2N3O3/c21-13-7-8-16(17(22)10-13)20(28)23-12-18(26)24-14-4-3-5-15(11-14)25-9-2-1-6-19(25)27/h3-5,7-8,10-11H,1-2,6,9,12H2,(H,23,28)(H,24,26). The first kappa shape index (κ1) is 19.5. The van der Waals surface area contributed by atoms with Crippen LogP contribution in [0.2, 0.25) is 0 Å². The summed E-state index contributed by atoms with van der Waals surface area (Å²) in [6.07, 6.45) is 2.30. The quantitative estimate of drug-likeness (QED) is 0.828. The van der Waals surface area contributed by atoms with E-state index in [2.05, 4.69) is 10.6 Å². The molecule has 146 valence electrons. The number of hydrogen-bond donors (Lipinski definition) is 2. The number of carbonyl (C=O) groups excluding carboxylic acids is 3. The van der Waals surface area contributed by atoms with E-state index >= 15 is 0 Å². The van der Waals surface area contributed by atoms with E-state index in [4.69, 9.17) is 0 Å². The lowest BCUT2D eigenvalue weighted by atomic mass is 10.1. The highest BCUT2D eigenvalue weighted by Gasteiger charge is 2.20. The Bertz CT molecular complexity index is 917. The molecule has 8 heteroatoms. The van der Waals surface area contributed by atoms with Crippen LogP contribution in [0.5, 0.6) is 0 Å². The summed E-state index contributed by atoms with van der Waals surface area (Å²) in [6.45, 7) is 0.248. The topological polar surface area (TPSA) is 78.5 Å². The molecular formula is C20H19F2N3O3. The van der Waals surface area contributed by atoms with Crippen LogP contribution in [0, 0.1) is 11.6 Å². The highest BCUT2D eigenvalue weighted by molar-refractivity contribution is 6.00. The molecule has 0 bridgehead atoms. The van der Waals surface area contributed by atoms with Crippen molar-refractivity contribution in [2.24, 2.45) is 0 Å². The predicted molar refractivity (Wildman–Crippen MR) is 100.0 cm³/mol. The molecule has 1 aliphatic rings. The van der Waals surface area contributed by atoms with Crippen LogP contribution in [0.15, 0.2) is 42.5 Å². The molecule has 1 fully saturated rings. The maximum absolute atomic E-state index is 13.6. The maximum Gasteiger partial charge on any atom is 0.254 e. The molecule has 0 spiro atoms. The Morgan fingerprint density at radius 2 is 1.89 bits per heavy atom. The molecule has 0 unspecified atom stereocenters. The molecule has 1 aliphatic heterocycles. The van der Waals surface area contributed by atoms with Gasteiger partial charge in [0.1, 0.15) is 11.6 Å². The lowest BCUT2D eigenvalue weighted by Crippen LogP contribution is -2.35. The van der Waals surface area contributed by atoms with Crippen LogP contribution in [0.25, 0.3) is 0 Å². The van der Waals surface area contributed by atoms with Gasteiger partial charge in [-0.3, -0.25) is 14.4 Å². The van der Waals surface area contributed by atoms with Gasteiger partial charge in [0.2, 0.25) is 11.8 Å². The summed E-state index contributed by atoms with van der Waals surface area (Å²) >= 11 is 0. The third-order valence-corrected chi connectivity index (χ3v) is 4.35. The van der Waals surface area contributed by atoms with Gasteiger partial charge in [-0.1, -0.05) is 6.07 Å². The van der Waals surface area contributed by atoms with E-state index in [-0.39, 0.29) is 18.0 Å². The highest BCUT2D eigenvalue weighted by Crippen LogP contribution is 2.23. The molecular weight excluding hydrogens is 368 g/mol. The maximum atomic E-state index is 13.6. The minimum Gasteiger partial charge on any atom is -0.343 e. The molecule has 6 nitrogen and oxygen atoms in total. The van der Waals surface area contributed by atoms with Crippen molar-refractivity contribution in [1.82, 2.24) is 5.32 Å². The highest BCUT2D eigenvalue weighted by atomic mass is 19.1. The molecule has 0 radical (unpaired) electrons. The van der Waals surface area contributed by atoms with Crippen molar-refractivity contribution in [3.63, 3.8) is 0 Å². The van der Waals surface area contributed by atoms with Gasteiger partial charge in [-0.05, 0) is 43.2 Å². The molecule has 28 heavy (non-hydrogen) atoms. The Morgan fingerprint density at radius 3 is 2.64 bits per heavy atom. The first-order valence-electron chi connectivity index (χ1n) is 8.87. The van der Waals surface area contributed by atoms with Crippen molar-refractivity contribution >= 4 is 29.1 Å². The second-order valence-corrected chi connectivity index (χ2v) is 6.41. The number of piperidine rings is 1. The summed E-state index contributed by atoms with van der Waals surface area (Å²) in [5, 5.41) is 4.91. The number of rotatable bonds is 5. The lowest BCUT2D eigenvalue weighted by molar-refractivity contribution is -0.119. The van der Waals surface area contributed by atoms with Crippen LogP contribution in [0.1, 0.15) is 29.6 Å². The fraction of sp³-hybridized carbons (Fsp3) is 0.250. The number of carbonyl (C=O) groups is 3.